The molecule has 0 atom stereocenters. The fourth-order valence-electron chi connectivity index (χ4n) is 2.66. The molecule has 0 fully saturated rings. The number of halogens is 2. The van der Waals surface area contributed by atoms with Crippen LogP contribution in [0.4, 0.5) is 5.69 Å². The van der Waals surface area contributed by atoms with Gasteiger partial charge in [-0.25, -0.2) is 0 Å². The highest BCUT2D eigenvalue weighted by Gasteiger charge is 2.17. The first kappa shape index (κ1) is 18.4. The van der Waals surface area contributed by atoms with Gasteiger partial charge in [0.1, 0.15) is 0 Å². The molecule has 2 amide bonds. The molecule has 0 aliphatic rings. The van der Waals surface area contributed by atoms with E-state index in [4.69, 9.17) is 11.6 Å². The average Bonchev–Trinajstić information content (AvgIpc) is 2.62. The number of nitrogens with one attached hydrogen (secondary N) is 2. The molecular formula is C19H15BrClN3O2. The van der Waals surface area contributed by atoms with Crippen LogP contribution in [0.15, 0.2) is 46.9 Å². The Balaban J connectivity index is 2.06. The van der Waals surface area contributed by atoms with Crippen molar-refractivity contribution in [3.63, 3.8) is 0 Å². The van der Waals surface area contributed by atoms with E-state index in [9.17, 15) is 9.59 Å². The Morgan fingerprint density at radius 3 is 2.54 bits per heavy atom. The molecule has 0 aliphatic carbocycles. The summed E-state index contributed by atoms with van der Waals surface area (Å²) in [5.41, 5.74) is 2.61. The van der Waals surface area contributed by atoms with Gasteiger partial charge in [-0.15, -0.1) is 0 Å². The van der Waals surface area contributed by atoms with E-state index in [-0.39, 0.29) is 11.8 Å². The summed E-state index contributed by atoms with van der Waals surface area (Å²) in [4.78, 5) is 29.5. The fraction of sp³-hybridized carbons (Fsp3) is 0.105. The normalized spacial score (nSPS) is 10.6. The van der Waals surface area contributed by atoms with Gasteiger partial charge < -0.3 is 10.6 Å². The van der Waals surface area contributed by atoms with Gasteiger partial charge in [0.15, 0.2) is 0 Å². The molecule has 3 rings (SSSR count). The van der Waals surface area contributed by atoms with E-state index in [0.717, 1.165) is 21.1 Å². The van der Waals surface area contributed by atoms with Gasteiger partial charge in [0.05, 0.1) is 22.3 Å². The van der Waals surface area contributed by atoms with Gasteiger partial charge in [-0.05, 0) is 49.4 Å². The third kappa shape index (κ3) is 3.71. The molecule has 132 valence electrons. The number of anilines is 1. The Morgan fingerprint density at radius 2 is 1.81 bits per heavy atom. The molecule has 2 N–H and O–H groups in total. The quantitative estimate of drug-likeness (QED) is 0.637. The lowest BCUT2D eigenvalue weighted by molar-refractivity contribution is 0.0964. The standard InChI is InChI=1S/C19H15BrClN3O2/c1-10-7-14(13-8-11(20)3-5-16(13)23-10)19(26)24-17-6-4-12(21)9-15(17)18(25)22-2/h3-9H,1-2H3,(H,22,25)(H,24,26). The topological polar surface area (TPSA) is 71.1 Å². The van der Waals surface area contributed by atoms with Crippen molar-refractivity contribution in [3.8, 4) is 0 Å². The van der Waals surface area contributed by atoms with Crippen molar-refractivity contribution in [1.29, 1.82) is 0 Å². The molecule has 3 aromatic rings. The fourth-order valence-corrected chi connectivity index (χ4v) is 3.19. The molecule has 0 aliphatic heterocycles. The van der Waals surface area contributed by atoms with Crippen molar-refractivity contribution in [2.75, 3.05) is 12.4 Å². The summed E-state index contributed by atoms with van der Waals surface area (Å²) < 4.78 is 0.849. The highest BCUT2D eigenvalue weighted by atomic mass is 79.9. The van der Waals surface area contributed by atoms with E-state index in [2.05, 4.69) is 31.5 Å². The van der Waals surface area contributed by atoms with Crippen molar-refractivity contribution >= 4 is 55.9 Å². The van der Waals surface area contributed by atoms with Crippen LogP contribution in [-0.4, -0.2) is 23.8 Å². The Labute approximate surface area is 163 Å². The lowest BCUT2D eigenvalue weighted by Crippen LogP contribution is -2.21. The number of carbonyl (C=O) groups is 2. The highest BCUT2D eigenvalue weighted by molar-refractivity contribution is 9.10. The molecule has 2 aromatic carbocycles. The zero-order valence-electron chi connectivity index (χ0n) is 14.1. The molecule has 5 nitrogen and oxygen atoms in total. The number of amides is 2. The van der Waals surface area contributed by atoms with Crippen LogP contribution < -0.4 is 10.6 Å². The molecule has 0 bridgehead atoms. The SMILES string of the molecule is CNC(=O)c1cc(Cl)ccc1NC(=O)c1cc(C)nc2ccc(Br)cc12. The molecule has 0 radical (unpaired) electrons. The monoisotopic (exact) mass is 431 g/mol. The Hall–Kier alpha value is -2.44. The predicted molar refractivity (Wildman–Crippen MR) is 107 cm³/mol. The number of nitrogens with zero attached hydrogens (tertiary/aromatic N) is 1. The van der Waals surface area contributed by atoms with Crippen LogP contribution in [0.3, 0.4) is 0 Å². The first-order valence-corrected chi connectivity index (χ1v) is 8.96. The summed E-state index contributed by atoms with van der Waals surface area (Å²) in [6.45, 7) is 1.83. The average molecular weight is 433 g/mol. The second kappa shape index (κ2) is 7.43. The van der Waals surface area contributed by atoms with Crippen molar-refractivity contribution in [3.05, 3.63) is 68.8 Å². The lowest BCUT2D eigenvalue weighted by Gasteiger charge is -2.12. The smallest absolute Gasteiger partial charge is 0.256 e. The third-order valence-corrected chi connectivity index (χ3v) is 4.57. The molecule has 0 unspecified atom stereocenters. The maximum atomic E-state index is 12.9. The maximum Gasteiger partial charge on any atom is 0.256 e. The lowest BCUT2D eigenvalue weighted by atomic mass is 10.1. The van der Waals surface area contributed by atoms with E-state index in [1.165, 1.54) is 13.1 Å². The van der Waals surface area contributed by atoms with Crippen LogP contribution >= 0.6 is 27.5 Å². The van der Waals surface area contributed by atoms with Gasteiger partial charge in [-0.2, -0.15) is 0 Å². The van der Waals surface area contributed by atoms with Crippen molar-refractivity contribution < 1.29 is 9.59 Å². The maximum absolute atomic E-state index is 12.9. The molecule has 0 saturated heterocycles. The second-order valence-corrected chi connectivity index (χ2v) is 7.05. The predicted octanol–water partition coefficient (Wildman–Crippen LogP) is 4.57. The largest absolute Gasteiger partial charge is 0.355 e. The second-order valence-electron chi connectivity index (χ2n) is 5.70. The van der Waals surface area contributed by atoms with Gasteiger partial charge in [0.25, 0.3) is 11.8 Å². The van der Waals surface area contributed by atoms with Gasteiger partial charge in [-0.1, -0.05) is 27.5 Å². The number of rotatable bonds is 3. The minimum atomic E-state index is -0.332. The summed E-state index contributed by atoms with van der Waals surface area (Å²) >= 11 is 9.40. The van der Waals surface area contributed by atoms with Gasteiger partial charge in [0, 0.05) is 27.6 Å². The van der Waals surface area contributed by atoms with Crippen LogP contribution in [0, 0.1) is 6.92 Å². The molecule has 7 heteroatoms. The molecular weight excluding hydrogens is 418 g/mol. The summed E-state index contributed by atoms with van der Waals surface area (Å²) in [5.74, 6) is -0.660. The van der Waals surface area contributed by atoms with Crippen LogP contribution in [0.1, 0.15) is 26.4 Å². The first-order chi connectivity index (χ1) is 12.4. The van der Waals surface area contributed by atoms with Crippen molar-refractivity contribution in [2.45, 2.75) is 6.92 Å². The number of pyridine rings is 1. The van der Waals surface area contributed by atoms with Crippen LogP contribution in [0.5, 0.6) is 0 Å². The van der Waals surface area contributed by atoms with E-state index in [1.807, 2.05) is 25.1 Å². The Morgan fingerprint density at radius 1 is 1.04 bits per heavy atom. The summed E-state index contributed by atoms with van der Waals surface area (Å²) in [7, 11) is 1.52. The Kier molecular flexibility index (Phi) is 5.25. The molecule has 1 aromatic heterocycles. The Bertz CT molecular complexity index is 1040. The van der Waals surface area contributed by atoms with Crippen LogP contribution in [0.25, 0.3) is 10.9 Å². The number of carbonyl (C=O) groups excluding carboxylic acids is 2. The van der Waals surface area contributed by atoms with Crippen LogP contribution in [0.2, 0.25) is 5.02 Å². The molecule has 1 heterocycles. The third-order valence-electron chi connectivity index (χ3n) is 3.84. The highest BCUT2D eigenvalue weighted by Crippen LogP contribution is 2.25. The number of hydrogen-bond acceptors (Lipinski definition) is 3. The number of benzene rings is 2. The van der Waals surface area contributed by atoms with E-state index >= 15 is 0 Å². The number of hydrogen-bond donors (Lipinski definition) is 2. The van der Waals surface area contributed by atoms with E-state index in [0.29, 0.717) is 21.8 Å². The minimum absolute atomic E-state index is 0.296. The van der Waals surface area contributed by atoms with E-state index in [1.54, 1.807) is 18.2 Å². The summed E-state index contributed by atoms with van der Waals surface area (Å²) in [5, 5.41) is 6.48. The number of aryl methyl sites for hydroxylation is 1. The summed E-state index contributed by atoms with van der Waals surface area (Å²) in [6.07, 6.45) is 0. The summed E-state index contributed by atoms with van der Waals surface area (Å²) in [6, 6.07) is 12.0. The molecule has 0 spiro atoms. The molecule has 0 saturated carbocycles. The van der Waals surface area contributed by atoms with Crippen LogP contribution in [-0.2, 0) is 0 Å². The number of fused-ring (bicyclic) bond motifs is 1. The first-order valence-electron chi connectivity index (χ1n) is 7.79. The van der Waals surface area contributed by atoms with E-state index < -0.39 is 0 Å². The minimum Gasteiger partial charge on any atom is -0.355 e. The zero-order valence-corrected chi connectivity index (χ0v) is 16.4. The van der Waals surface area contributed by atoms with Crippen molar-refractivity contribution in [1.82, 2.24) is 10.3 Å². The van der Waals surface area contributed by atoms with Gasteiger partial charge in [-0.3, -0.25) is 14.6 Å². The number of aromatic nitrogens is 1. The van der Waals surface area contributed by atoms with Crippen molar-refractivity contribution in [2.24, 2.45) is 0 Å². The van der Waals surface area contributed by atoms with Gasteiger partial charge >= 0.3 is 0 Å². The zero-order chi connectivity index (χ0) is 18.8. The van der Waals surface area contributed by atoms with Gasteiger partial charge in [0.2, 0.25) is 0 Å². The molecule has 26 heavy (non-hydrogen) atoms.